The average molecular weight is 401 g/mol. The number of amides is 1. The number of carbonyl (C=O) groups excluding carboxylic acids is 1. The van der Waals surface area contributed by atoms with E-state index in [4.69, 9.17) is 13.9 Å². The minimum absolute atomic E-state index is 0.0875. The molecule has 0 aliphatic heterocycles. The SMILES string of the molecule is CC(=O)N[C@@H](C)c1cc(C2CC(c3nc4ccc(-c5ccccc5)cc4o3)C2)no1. The Morgan fingerprint density at radius 1 is 1.07 bits per heavy atom. The molecule has 2 aromatic heterocycles. The van der Waals surface area contributed by atoms with Crippen molar-refractivity contribution in [3.63, 3.8) is 0 Å². The number of carbonyl (C=O) groups is 1. The van der Waals surface area contributed by atoms with E-state index >= 15 is 0 Å². The van der Waals surface area contributed by atoms with Crippen LogP contribution in [0.25, 0.3) is 22.2 Å². The highest BCUT2D eigenvalue weighted by Crippen LogP contribution is 2.47. The summed E-state index contributed by atoms with van der Waals surface area (Å²) in [5.74, 6) is 2.00. The highest BCUT2D eigenvalue weighted by molar-refractivity contribution is 5.80. The zero-order valence-electron chi connectivity index (χ0n) is 17.0. The van der Waals surface area contributed by atoms with Crippen LogP contribution in [0, 0.1) is 0 Å². The molecule has 1 fully saturated rings. The summed E-state index contributed by atoms with van der Waals surface area (Å²) in [6, 6.07) is 18.2. The predicted molar refractivity (Wildman–Crippen MR) is 113 cm³/mol. The molecule has 1 aliphatic carbocycles. The van der Waals surface area contributed by atoms with Gasteiger partial charge in [-0.15, -0.1) is 0 Å². The number of nitrogens with zero attached hydrogens (tertiary/aromatic N) is 2. The lowest BCUT2D eigenvalue weighted by Crippen LogP contribution is -2.23. The molecule has 2 aromatic carbocycles. The van der Waals surface area contributed by atoms with E-state index in [1.165, 1.54) is 6.92 Å². The molecule has 5 rings (SSSR count). The predicted octanol–water partition coefficient (Wildman–Crippen LogP) is 5.34. The first kappa shape index (κ1) is 18.6. The first-order chi connectivity index (χ1) is 14.6. The Hall–Kier alpha value is -3.41. The molecule has 4 aromatic rings. The fourth-order valence-electron chi connectivity index (χ4n) is 4.06. The second kappa shape index (κ2) is 7.44. The van der Waals surface area contributed by atoms with E-state index in [2.05, 4.69) is 34.7 Å². The number of hydrogen-bond acceptors (Lipinski definition) is 5. The van der Waals surface area contributed by atoms with Crippen LogP contribution < -0.4 is 5.32 Å². The summed E-state index contributed by atoms with van der Waals surface area (Å²) in [6.07, 6.45) is 1.86. The van der Waals surface area contributed by atoms with E-state index in [0.29, 0.717) is 11.7 Å². The Morgan fingerprint density at radius 2 is 1.87 bits per heavy atom. The Kier molecular flexibility index (Phi) is 4.62. The third kappa shape index (κ3) is 3.49. The van der Waals surface area contributed by atoms with Crippen molar-refractivity contribution in [1.29, 1.82) is 0 Å². The minimum atomic E-state index is -0.185. The standard InChI is InChI=1S/C24H23N3O3/c1-14(25-15(2)28)22-13-21(27-30-22)18-10-19(11-18)24-26-20-9-8-17(12-23(20)29-24)16-6-4-3-5-7-16/h3-9,12-14,18-19H,10-11H2,1-2H3,(H,25,28)/t14-,18?,19?/m0/s1. The third-order valence-electron chi connectivity index (χ3n) is 5.81. The van der Waals surface area contributed by atoms with Crippen LogP contribution in [0.4, 0.5) is 0 Å². The Morgan fingerprint density at radius 3 is 2.63 bits per heavy atom. The maximum absolute atomic E-state index is 11.2. The summed E-state index contributed by atoms with van der Waals surface area (Å²) in [5, 5.41) is 7.02. The second-order valence-electron chi connectivity index (χ2n) is 8.04. The minimum Gasteiger partial charge on any atom is -0.440 e. The summed E-state index contributed by atoms with van der Waals surface area (Å²) in [6.45, 7) is 3.38. The molecule has 30 heavy (non-hydrogen) atoms. The molecule has 2 heterocycles. The van der Waals surface area contributed by atoms with Gasteiger partial charge in [0.1, 0.15) is 5.52 Å². The van der Waals surface area contributed by atoms with E-state index in [1.807, 2.05) is 37.3 Å². The zero-order valence-corrected chi connectivity index (χ0v) is 17.0. The van der Waals surface area contributed by atoms with Crippen molar-refractivity contribution in [3.8, 4) is 11.1 Å². The van der Waals surface area contributed by atoms with Gasteiger partial charge in [0.2, 0.25) is 5.91 Å². The van der Waals surface area contributed by atoms with Gasteiger partial charge in [-0.2, -0.15) is 0 Å². The maximum atomic E-state index is 11.2. The number of nitrogens with one attached hydrogen (secondary N) is 1. The van der Waals surface area contributed by atoms with Crippen LogP contribution in [0.5, 0.6) is 0 Å². The normalized spacial score (nSPS) is 19.4. The summed E-state index contributed by atoms with van der Waals surface area (Å²) in [5.41, 5.74) is 4.93. The van der Waals surface area contributed by atoms with Crippen LogP contribution in [-0.4, -0.2) is 16.0 Å². The molecule has 0 radical (unpaired) electrons. The van der Waals surface area contributed by atoms with Gasteiger partial charge in [0.05, 0.1) is 11.7 Å². The summed E-state index contributed by atoms with van der Waals surface area (Å²) in [7, 11) is 0. The van der Waals surface area contributed by atoms with Crippen molar-refractivity contribution in [1.82, 2.24) is 15.5 Å². The topological polar surface area (TPSA) is 81.2 Å². The molecule has 1 N–H and O–H groups in total. The monoisotopic (exact) mass is 401 g/mol. The summed E-state index contributed by atoms with van der Waals surface area (Å²) >= 11 is 0. The average Bonchev–Trinajstić information content (AvgIpc) is 3.34. The van der Waals surface area contributed by atoms with Crippen molar-refractivity contribution < 1.29 is 13.7 Å². The van der Waals surface area contributed by atoms with E-state index in [1.54, 1.807) is 0 Å². The van der Waals surface area contributed by atoms with Crippen LogP contribution in [0.15, 0.2) is 63.5 Å². The lowest BCUT2D eigenvalue weighted by Gasteiger charge is -2.31. The molecule has 1 amide bonds. The summed E-state index contributed by atoms with van der Waals surface area (Å²) < 4.78 is 11.5. The molecule has 0 spiro atoms. The Balaban J connectivity index is 1.28. The first-order valence-electron chi connectivity index (χ1n) is 10.3. The molecule has 0 saturated heterocycles. The first-order valence-corrected chi connectivity index (χ1v) is 10.3. The molecule has 1 aliphatic rings. The van der Waals surface area contributed by atoms with Gasteiger partial charge in [0.25, 0.3) is 0 Å². The molecule has 6 heteroatoms. The van der Waals surface area contributed by atoms with Gasteiger partial charge in [-0.05, 0) is 43.0 Å². The maximum Gasteiger partial charge on any atom is 0.217 e. The molecule has 0 bridgehead atoms. The fraction of sp³-hybridized carbons (Fsp3) is 0.292. The number of aromatic nitrogens is 2. The largest absolute Gasteiger partial charge is 0.440 e. The van der Waals surface area contributed by atoms with E-state index in [9.17, 15) is 4.79 Å². The van der Waals surface area contributed by atoms with Gasteiger partial charge in [-0.3, -0.25) is 4.79 Å². The van der Waals surface area contributed by atoms with Gasteiger partial charge in [0, 0.05) is 24.8 Å². The van der Waals surface area contributed by atoms with Crippen LogP contribution in [0.3, 0.4) is 0 Å². The van der Waals surface area contributed by atoms with Crippen LogP contribution >= 0.6 is 0 Å². The van der Waals surface area contributed by atoms with Crippen LogP contribution in [0.2, 0.25) is 0 Å². The van der Waals surface area contributed by atoms with Gasteiger partial charge in [-0.25, -0.2) is 4.98 Å². The Bertz CT molecular complexity index is 1190. The Labute approximate surface area is 174 Å². The molecular weight excluding hydrogens is 378 g/mol. The smallest absolute Gasteiger partial charge is 0.217 e. The number of benzene rings is 2. The number of oxazole rings is 1. The molecule has 1 saturated carbocycles. The zero-order chi connectivity index (χ0) is 20.7. The van der Waals surface area contributed by atoms with Crippen molar-refractivity contribution in [2.24, 2.45) is 0 Å². The highest BCUT2D eigenvalue weighted by atomic mass is 16.5. The lowest BCUT2D eigenvalue weighted by atomic mass is 9.73. The van der Waals surface area contributed by atoms with Gasteiger partial charge in [-0.1, -0.05) is 41.6 Å². The fourth-order valence-corrected chi connectivity index (χ4v) is 4.06. The highest BCUT2D eigenvalue weighted by Gasteiger charge is 2.37. The van der Waals surface area contributed by atoms with Crippen molar-refractivity contribution >= 4 is 17.0 Å². The van der Waals surface area contributed by atoms with Gasteiger partial charge in [0.15, 0.2) is 17.2 Å². The van der Waals surface area contributed by atoms with Crippen molar-refractivity contribution in [2.75, 3.05) is 0 Å². The molecule has 0 unspecified atom stereocenters. The van der Waals surface area contributed by atoms with E-state index in [-0.39, 0.29) is 17.9 Å². The van der Waals surface area contributed by atoms with Crippen molar-refractivity contribution in [2.45, 2.75) is 44.6 Å². The molecular formula is C24H23N3O3. The molecule has 152 valence electrons. The molecule has 6 nitrogen and oxygen atoms in total. The van der Waals surface area contributed by atoms with Crippen LogP contribution in [-0.2, 0) is 4.79 Å². The second-order valence-corrected chi connectivity index (χ2v) is 8.04. The van der Waals surface area contributed by atoms with Gasteiger partial charge < -0.3 is 14.3 Å². The van der Waals surface area contributed by atoms with E-state index in [0.717, 1.165) is 46.7 Å². The van der Waals surface area contributed by atoms with E-state index < -0.39 is 0 Å². The van der Waals surface area contributed by atoms with Crippen LogP contribution in [0.1, 0.15) is 61.9 Å². The third-order valence-corrected chi connectivity index (χ3v) is 5.81. The number of rotatable bonds is 5. The quantitative estimate of drug-likeness (QED) is 0.488. The summed E-state index contributed by atoms with van der Waals surface area (Å²) in [4.78, 5) is 15.9. The molecule has 1 atom stereocenters. The lowest BCUT2D eigenvalue weighted by molar-refractivity contribution is -0.119. The van der Waals surface area contributed by atoms with Gasteiger partial charge >= 0.3 is 0 Å². The number of hydrogen-bond donors (Lipinski definition) is 1. The van der Waals surface area contributed by atoms with Crippen molar-refractivity contribution in [3.05, 3.63) is 71.9 Å². The number of fused-ring (bicyclic) bond motifs is 1.